The highest BCUT2D eigenvalue weighted by Gasteiger charge is 2.10. The van der Waals surface area contributed by atoms with Crippen LogP contribution in [0.15, 0.2) is 18.2 Å². The molecule has 0 fully saturated rings. The molecule has 1 aromatic rings. The van der Waals surface area contributed by atoms with Crippen molar-refractivity contribution in [2.75, 3.05) is 26.7 Å². The predicted octanol–water partition coefficient (Wildman–Crippen LogP) is 2.47. The number of aliphatic hydroxyl groups is 1. The Hall–Kier alpha value is -1.13. The minimum Gasteiger partial charge on any atom is -0.494 e. The van der Waals surface area contributed by atoms with Crippen molar-refractivity contribution in [2.45, 2.75) is 32.8 Å². The third-order valence-corrected chi connectivity index (χ3v) is 3.36. The average molecular weight is 269 g/mol. The highest BCUT2D eigenvalue weighted by Crippen LogP contribution is 2.19. The van der Waals surface area contributed by atoms with Gasteiger partial charge in [0.1, 0.15) is 0 Å². The number of methoxy groups -OCH3 is 1. The summed E-state index contributed by atoms with van der Waals surface area (Å²) in [5.41, 5.74) is 0.797. The quantitative estimate of drug-likeness (QED) is 0.787. The minimum atomic E-state index is -0.437. The molecule has 0 spiro atoms. The van der Waals surface area contributed by atoms with E-state index in [1.807, 2.05) is 0 Å². The van der Waals surface area contributed by atoms with Gasteiger partial charge in [0.25, 0.3) is 0 Å². The van der Waals surface area contributed by atoms with Crippen molar-refractivity contribution < 1.29 is 14.2 Å². The summed E-state index contributed by atoms with van der Waals surface area (Å²) >= 11 is 0. The van der Waals surface area contributed by atoms with E-state index in [0.29, 0.717) is 12.8 Å². The molecule has 0 saturated heterocycles. The fourth-order valence-corrected chi connectivity index (χ4v) is 2.08. The maximum Gasteiger partial charge on any atom is 0.165 e. The Balaban J connectivity index is 2.48. The zero-order chi connectivity index (χ0) is 14.3. The number of ether oxygens (including phenoxy) is 1. The maximum atomic E-state index is 13.5. The van der Waals surface area contributed by atoms with Gasteiger partial charge in [-0.3, -0.25) is 0 Å². The van der Waals surface area contributed by atoms with Crippen LogP contribution in [0, 0.1) is 5.82 Å². The van der Waals surface area contributed by atoms with Gasteiger partial charge in [-0.15, -0.1) is 0 Å². The van der Waals surface area contributed by atoms with Crippen molar-refractivity contribution >= 4 is 0 Å². The van der Waals surface area contributed by atoms with E-state index < -0.39 is 6.10 Å². The van der Waals surface area contributed by atoms with Crippen LogP contribution in [0.1, 0.15) is 25.8 Å². The van der Waals surface area contributed by atoms with E-state index in [1.165, 1.54) is 13.2 Å². The van der Waals surface area contributed by atoms with E-state index >= 15 is 0 Å². The fourth-order valence-electron chi connectivity index (χ4n) is 2.08. The summed E-state index contributed by atoms with van der Waals surface area (Å²) in [4.78, 5) is 2.26. The van der Waals surface area contributed by atoms with Gasteiger partial charge in [0.05, 0.1) is 13.2 Å². The maximum absolute atomic E-state index is 13.5. The summed E-state index contributed by atoms with van der Waals surface area (Å²) in [6, 6.07) is 4.82. The van der Waals surface area contributed by atoms with Crippen LogP contribution in [0.2, 0.25) is 0 Å². The molecule has 108 valence electrons. The normalized spacial score (nSPS) is 12.7. The Morgan fingerprint density at radius 1 is 1.32 bits per heavy atom. The van der Waals surface area contributed by atoms with E-state index in [9.17, 15) is 9.50 Å². The second kappa shape index (κ2) is 8.12. The molecular formula is C15H24FNO2. The molecule has 0 amide bonds. The van der Waals surface area contributed by atoms with Gasteiger partial charge in [0.2, 0.25) is 0 Å². The minimum absolute atomic E-state index is 0.237. The fraction of sp³-hybridized carbons (Fsp3) is 0.600. The van der Waals surface area contributed by atoms with Gasteiger partial charge >= 0.3 is 0 Å². The van der Waals surface area contributed by atoms with Crippen LogP contribution in [0.5, 0.6) is 5.75 Å². The second-order valence-electron chi connectivity index (χ2n) is 4.64. The summed E-state index contributed by atoms with van der Waals surface area (Å²) in [6.07, 6.45) is 0.741. The molecule has 1 unspecified atom stereocenters. The van der Waals surface area contributed by atoms with Crippen LogP contribution in [0.4, 0.5) is 4.39 Å². The molecule has 1 aromatic carbocycles. The lowest BCUT2D eigenvalue weighted by Gasteiger charge is -2.20. The summed E-state index contributed by atoms with van der Waals surface area (Å²) < 4.78 is 18.4. The molecule has 0 saturated carbocycles. The summed E-state index contributed by atoms with van der Waals surface area (Å²) in [5, 5.41) is 9.98. The molecule has 1 rings (SSSR count). The third kappa shape index (κ3) is 5.17. The first-order valence-corrected chi connectivity index (χ1v) is 6.83. The number of hydrogen-bond donors (Lipinski definition) is 1. The lowest BCUT2D eigenvalue weighted by molar-refractivity contribution is 0.143. The Labute approximate surface area is 115 Å². The number of halogens is 1. The largest absolute Gasteiger partial charge is 0.494 e. The SMILES string of the molecule is CCN(CC)CCC(O)Cc1ccc(OC)c(F)c1. The van der Waals surface area contributed by atoms with Gasteiger partial charge in [0, 0.05) is 6.54 Å². The second-order valence-corrected chi connectivity index (χ2v) is 4.64. The molecule has 19 heavy (non-hydrogen) atoms. The summed E-state index contributed by atoms with van der Waals surface area (Å²) in [6.45, 7) is 7.05. The molecule has 1 N–H and O–H groups in total. The summed E-state index contributed by atoms with van der Waals surface area (Å²) in [5.74, 6) is -0.141. The molecule has 0 aliphatic rings. The molecule has 0 radical (unpaired) electrons. The zero-order valence-electron chi connectivity index (χ0n) is 12.0. The Kier molecular flexibility index (Phi) is 6.81. The van der Waals surface area contributed by atoms with Crippen molar-refractivity contribution in [2.24, 2.45) is 0 Å². The van der Waals surface area contributed by atoms with E-state index in [2.05, 4.69) is 18.7 Å². The molecule has 0 aliphatic heterocycles. The molecule has 0 aliphatic carbocycles. The van der Waals surface area contributed by atoms with Gasteiger partial charge in [-0.1, -0.05) is 19.9 Å². The van der Waals surface area contributed by atoms with Crippen LogP contribution in [-0.2, 0) is 6.42 Å². The first-order chi connectivity index (χ1) is 9.10. The molecule has 3 nitrogen and oxygen atoms in total. The van der Waals surface area contributed by atoms with Gasteiger partial charge < -0.3 is 14.7 Å². The lowest BCUT2D eigenvalue weighted by atomic mass is 10.1. The van der Waals surface area contributed by atoms with Crippen molar-refractivity contribution in [3.63, 3.8) is 0 Å². The van der Waals surface area contributed by atoms with Crippen LogP contribution >= 0.6 is 0 Å². The number of nitrogens with zero attached hydrogens (tertiary/aromatic N) is 1. The smallest absolute Gasteiger partial charge is 0.165 e. The van der Waals surface area contributed by atoms with Crippen LogP contribution < -0.4 is 4.74 Å². The Morgan fingerprint density at radius 3 is 2.53 bits per heavy atom. The van der Waals surface area contributed by atoms with Crippen molar-refractivity contribution in [3.8, 4) is 5.75 Å². The molecule has 0 aromatic heterocycles. The summed E-state index contributed by atoms with van der Waals surface area (Å²) in [7, 11) is 1.44. The predicted molar refractivity (Wildman–Crippen MR) is 75.1 cm³/mol. The van der Waals surface area contributed by atoms with E-state index in [1.54, 1.807) is 12.1 Å². The number of aliphatic hydroxyl groups excluding tert-OH is 1. The number of benzene rings is 1. The van der Waals surface area contributed by atoms with Crippen LogP contribution in [0.25, 0.3) is 0 Å². The first-order valence-electron chi connectivity index (χ1n) is 6.83. The van der Waals surface area contributed by atoms with E-state index in [-0.39, 0.29) is 11.6 Å². The zero-order valence-corrected chi connectivity index (χ0v) is 12.0. The van der Waals surface area contributed by atoms with Crippen molar-refractivity contribution in [3.05, 3.63) is 29.6 Å². The molecule has 0 bridgehead atoms. The van der Waals surface area contributed by atoms with Gasteiger partial charge in [-0.05, 0) is 43.6 Å². The monoisotopic (exact) mass is 269 g/mol. The molecule has 0 heterocycles. The number of rotatable bonds is 8. The van der Waals surface area contributed by atoms with Crippen LogP contribution in [0.3, 0.4) is 0 Å². The topological polar surface area (TPSA) is 32.7 Å². The highest BCUT2D eigenvalue weighted by molar-refractivity contribution is 5.29. The first kappa shape index (κ1) is 15.9. The third-order valence-electron chi connectivity index (χ3n) is 3.36. The Bertz CT molecular complexity index is 380. The Morgan fingerprint density at radius 2 is 2.00 bits per heavy atom. The van der Waals surface area contributed by atoms with Crippen molar-refractivity contribution in [1.29, 1.82) is 0 Å². The standard InChI is InChI=1S/C15H24FNO2/c1-4-17(5-2)9-8-13(18)10-12-6-7-15(19-3)14(16)11-12/h6-7,11,13,18H,4-5,8-10H2,1-3H3. The van der Waals surface area contributed by atoms with Gasteiger partial charge in [-0.2, -0.15) is 0 Å². The van der Waals surface area contributed by atoms with Crippen molar-refractivity contribution in [1.82, 2.24) is 4.90 Å². The van der Waals surface area contributed by atoms with Crippen LogP contribution in [-0.4, -0.2) is 42.9 Å². The highest BCUT2D eigenvalue weighted by atomic mass is 19.1. The average Bonchev–Trinajstić information content (AvgIpc) is 2.40. The lowest BCUT2D eigenvalue weighted by Crippen LogP contribution is -2.27. The van der Waals surface area contributed by atoms with E-state index in [0.717, 1.165) is 25.2 Å². The molecule has 1 atom stereocenters. The number of hydrogen-bond acceptors (Lipinski definition) is 3. The van der Waals surface area contributed by atoms with Gasteiger partial charge in [-0.25, -0.2) is 4.39 Å². The van der Waals surface area contributed by atoms with E-state index in [4.69, 9.17) is 4.74 Å². The van der Waals surface area contributed by atoms with Gasteiger partial charge in [0.15, 0.2) is 11.6 Å². The molecular weight excluding hydrogens is 245 g/mol. The molecule has 4 heteroatoms.